The molecule has 1 aliphatic carbocycles. The molecule has 0 radical (unpaired) electrons. The number of hydrogen-bond acceptors (Lipinski definition) is 4. The van der Waals surface area contributed by atoms with Crippen LogP contribution in [-0.2, 0) is 4.79 Å². The molecule has 0 aromatic rings. The Kier molecular flexibility index (Phi) is 4.50. The molecule has 2 atom stereocenters. The number of nitrogens with one attached hydrogen (secondary N) is 1. The summed E-state index contributed by atoms with van der Waals surface area (Å²) in [6.07, 6.45) is 2.61. The van der Waals surface area contributed by atoms with Crippen LogP contribution < -0.4 is 16.8 Å². The number of rotatable bonds is 7. The average Bonchev–Trinajstić information content (AvgIpc) is 2.99. The van der Waals surface area contributed by atoms with E-state index >= 15 is 0 Å². The first-order valence-electron chi connectivity index (χ1n) is 5.50. The Labute approximate surface area is 91.2 Å². The van der Waals surface area contributed by atoms with E-state index in [1.807, 2.05) is 0 Å². The number of hydrogen-bond donors (Lipinski definition) is 3. The van der Waals surface area contributed by atoms with Crippen molar-refractivity contribution in [1.29, 1.82) is 0 Å². The Bertz CT molecular complexity index is 217. The predicted octanol–water partition coefficient (Wildman–Crippen LogP) is -1.13. The van der Waals surface area contributed by atoms with Crippen LogP contribution in [0, 0.1) is 0 Å². The molecule has 0 aliphatic heterocycles. The standard InChI is InChI=1S/C10H22N4O/c1-7(14(2)8-3-4-8)5-13-6-9(11)10(12)15/h7-9,13H,3-6,11H2,1-2H3,(H2,12,15). The Hall–Kier alpha value is -0.650. The summed E-state index contributed by atoms with van der Waals surface area (Å²) < 4.78 is 0. The van der Waals surface area contributed by atoms with E-state index in [1.165, 1.54) is 12.8 Å². The molecule has 5 heteroatoms. The summed E-state index contributed by atoms with van der Waals surface area (Å²) in [4.78, 5) is 13.0. The molecule has 0 aromatic carbocycles. The molecule has 1 saturated carbocycles. The van der Waals surface area contributed by atoms with Crippen LogP contribution in [0.15, 0.2) is 0 Å². The van der Waals surface area contributed by atoms with Crippen LogP contribution in [0.25, 0.3) is 0 Å². The zero-order valence-electron chi connectivity index (χ0n) is 9.57. The highest BCUT2D eigenvalue weighted by atomic mass is 16.1. The van der Waals surface area contributed by atoms with Crippen LogP contribution in [0.3, 0.4) is 0 Å². The molecule has 1 fully saturated rings. The van der Waals surface area contributed by atoms with E-state index in [2.05, 4.69) is 24.2 Å². The Morgan fingerprint density at radius 1 is 1.53 bits per heavy atom. The number of nitrogens with two attached hydrogens (primary N) is 2. The van der Waals surface area contributed by atoms with E-state index in [0.29, 0.717) is 12.6 Å². The number of carbonyl (C=O) groups excluding carboxylic acids is 1. The number of carbonyl (C=O) groups is 1. The van der Waals surface area contributed by atoms with Gasteiger partial charge in [0, 0.05) is 25.2 Å². The molecule has 5 nitrogen and oxygen atoms in total. The molecule has 0 spiro atoms. The number of amides is 1. The molecule has 0 heterocycles. The average molecular weight is 214 g/mol. The maximum Gasteiger partial charge on any atom is 0.235 e. The molecule has 88 valence electrons. The maximum absolute atomic E-state index is 10.7. The number of nitrogens with zero attached hydrogens (tertiary/aromatic N) is 1. The van der Waals surface area contributed by atoms with Crippen molar-refractivity contribution in [1.82, 2.24) is 10.2 Å². The van der Waals surface area contributed by atoms with Crippen molar-refractivity contribution in [3.63, 3.8) is 0 Å². The molecule has 1 amide bonds. The van der Waals surface area contributed by atoms with Gasteiger partial charge in [-0.25, -0.2) is 0 Å². The Morgan fingerprint density at radius 3 is 2.60 bits per heavy atom. The minimum Gasteiger partial charge on any atom is -0.368 e. The van der Waals surface area contributed by atoms with Gasteiger partial charge in [0.05, 0.1) is 6.04 Å². The lowest BCUT2D eigenvalue weighted by Crippen LogP contribution is -2.47. The van der Waals surface area contributed by atoms with E-state index in [0.717, 1.165) is 12.6 Å². The van der Waals surface area contributed by atoms with E-state index in [9.17, 15) is 4.79 Å². The quantitative estimate of drug-likeness (QED) is 0.501. The van der Waals surface area contributed by atoms with Crippen molar-refractivity contribution in [3.8, 4) is 0 Å². The van der Waals surface area contributed by atoms with E-state index < -0.39 is 11.9 Å². The summed E-state index contributed by atoms with van der Waals surface area (Å²) in [5, 5.41) is 3.16. The van der Waals surface area contributed by atoms with Crippen molar-refractivity contribution in [2.75, 3.05) is 20.1 Å². The van der Waals surface area contributed by atoms with Gasteiger partial charge in [-0.3, -0.25) is 9.69 Å². The molecule has 1 rings (SSSR count). The summed E-state index contributed by atoms with van der Waals surface area (Å²) in [5.41, 5.74) is 10.6. The molecule has 1 aliphatic rings. The van der Waals surface area contributed by atoms with E-state index in [4.69, 9.17) is 11.5 Å². The summed E-state index contributed by atoms with van der Waals surface area (Å²) in [6, 6.07) is 0.646. The zero-order chi connectivity index (χ0) is 11.4. The molecule has 15 heavy (non-hydrogen) atoms. The minimum absolute atomic E-state index is 0.453. The topological polar surface area (TPSA) is 84.4 Å². The van der Waals surface area contributed by atoms with Crippen LogP contribution in [-0.4, -0.2) is 49.1 Å². The zero-order valence-corrected chi connectivity index (χ0v) is 9.57. The third kappa shape index (κ3) is 4.15. The van der Waals surface area contributed by atoms with Crippen LogP contribution >= 0.6 is 0 Å². The third-order valence-electron chi connectivity index (χ3n) is 2.99. The highest BCUT2D eigenvalue weighted by Gasteiger charge is 2.28. The lowest BCUT2D eigenvalue weighted by molar-refractivity contribution is -0.119. The molecular formula is C10H22N4O. The van der Waals surface area contributed by atoms with Crippen molar-refractivity contribution < 1.29 is 4.79 Å². The van der Waals surface area contributed by atoms with Gasteiger partial charge in [0.2, 0.25) is 5.91 Å². The first-order chi connectivity index (χ1) is 7.02. The van der Waals surface area contributed by atoms with Crippen molar-refractivity contribution in [2.45, 2.75) is 37.9 Å². The smallest absolute Gasteiger partial charge is 0.235 e. The highest BCUT2D eigenvalue weighted by molar-refractivity contribution is 5.79. The van der Waals surface area contributed by atoms with Gasteiger partial charge in [0.1, 0.15) is 0 Å². The van der Waals surface area contributed by atoms with Gasteiger partial charge in [-0.2, -0.15) is 0 Å². The Balaban J connectivity index is 2.10. The van der Waals surface area contributed by atoms with Crippen molar-refractivity contribution in [2.24, 2.45) is 11.5 Å². The second-order valence-corrected chi connectivity index (χ2v) is 4.41. The van der Waals surface area contributed by atoms with Crippen LogP contribution in [0.4, 0.5) is 0 Å². The monoisotopic (exact) mass is 214 g/mol. The summed E-state index contributed by atoms with van der Waals surface area (Å²) >= 11 is 0. The SMILES string of the molecule is CC(CNCC(N)C(N)=O)N(C)C1CC1. The van der Waals surface area contributed by atoms with Crippen LogP contribution in [0.5, 0.6) is 0 Å². The van der Waals surface area contributed by atoms with E-state index in [1.54, 1.807) is 0 Å². The first kappa shape index (κ1) is 12.4. The van der Waals surface area contributed by atoms with Crippen molar-refractivity contribution in [3.05, 3.63) is 0 Å². The highest BCUT2D eigenvalue weighted by Crippen LogP contribution is 2.26. The first-order valence-corrected chi connectivity index (χ1v) is 5.50. The Morgan fingerprint density at radius 2 is 2.13 bits per heavy atom. The molecule has 0 aromatic heterocycles. The lowest BCUT2D eigenvalue weighted by Gasteiger charge is -2.25. The van der Waals surface area contributed by atoms with Gasteiger partial charge in [0.25, 0.3) is 0 Å². The van der Waals surface area contributed by atoms with Gasteiger partial charge in [0.15, 0.2) is 0 Å². The third-order valence-corrected chi connectivity index (χ3v) is 2.99. The fraction of sp³-hybridized carbons (Fsp3) is 0.900. The predicted molar refractivity (Wildman–Crippen MR) is 60.3 cm³/mol. The van der Waals surface area contributed by atoms with Crippen LogP contribution in [0.1, 0.15) is 19.8 Å². The lowest BCUT2D eigenvalue weighted by atomic mass is 10.2. The molecule has 0 saturated heterocycles. The van der Waals surface area contributed by atoms with Gasteiger partial charge < -0.3 is 16.8 Å². The fourth-order valence-corrected chi connectivity index (χ4v) is 1.53. The summed E-state index contributed by atoms with van der Waals surface area (Å²) in [6.45, 7) is 3.47. The number of primary amides is 1. The fourth-order valence-electron chi connectivity index (χ4n) is 1.53. The van der Waals surface area contributed by atoms with Gasteiger partial charge in [-0.05, 0) is 26.8 Å². The largest absolute Gasteiger partial charge is 0.368 e. The van der Waals surface area contributed by atoms with Gasteiger partial charge >= 0.3 is 0 Å². The summed E-state index contributed by atoms with van der Waals surface area (Å²) in [7, 11) is 2.14. The second-order valence-electron chi connectivity index (χ2n) is 4.41. The second kappa shape index (κ2) is 5.44. The van der Waals surface area contributed by atoms with Crippen molar-refractivity contribution >= 4 is 5.91 Å². The molecular weight excluding hydrogens is 192 g/mol. The van der Waals surface area contributed by atoms with E-state index in [-0.39, 0.29) is 0 Å². The molecule has 2 unspecified atom stereocenters. The van der Waals surface area contributed by atoms with Crippen LogP contribution in [0.2, 0.25) is 0 Å². The van der Waals surface area contributed by atoms with Gasteiger partial charge in [-0.1, -0.05) is 0 Å². The normalized spacial score (nSPS) is 20.3. The number of likely N-dealkylation sites (N-methyl/N-ethyl adjacent to an activating group) is 1. The van der Waals surface area contributed by atoms with Gasteiger partial charge in [-0.15, -0.1) is 0 Å². The molecule has 5 N–H and O–H groups in total. The maximum atomic E-state index is 10.7. The minimum atomic E-state index is -0.580. The molecule has 0 bridgehead atoms. The summed E-state index contributed by atoms with van der Waals surface area (Å²) in [5.74, 6) is -0.453.